The number of fused-ring (bicyclic) bond motifs is 3. The molecule has 0 aliphatic carbocycles. The molecule has 1 aliphatic heterocycles. The van der Waals surface area contributed by atoms with E-state index in [2.05, 4.69) is 29.2 Å². The first-order chi connectivity index (χ1) is 12.4. The van der Waals surface area contributed by atoms with Crippen LogP contribution in [0.3, 0.4) is 0 Å². The van der Waals surface area contributed by atoms with Gasteiger partial charge in [-0.15, -0.1) is 0 Å². The number of hydrogen-bond donors (Lipinski definition) is 0. The minimum Gasteiger partial charge on any atom is -0.474 e. The highest BCUT2D eigenvalue weighted by Crippen LogP contribution is 2.26. The van der Waals surface area contributed by atoms with Crippen LogP contribution in [-0.4, -0.2) is 22.5 Å². The molecule has 1 unspecified atom stereocenters. The summed E-state index contributed by atoms with van der Waals surface area (Å²) in [6.45, 7) is 0.548. The molecule has 120 valence electrons. The Morgan fingerprint density at radius 2 is 1.60 bits per heavy atom. The molecule has 1 aliphatic rings. The fourth-order valence-electron chi connectivity index (χ4n) is 3.20. The summed E-state index contributed by atoms with van der Waals surface area (Å²) in [5.41, 5.74) is 3.69. The number of nitrogens with zero attached hydrogens (tertiary/aromatic N) is 3. The highest BCUT2D eigenvalue weighted by atomic mass is 16.5. The van der Waals surface area contributed by atoms with Gasteiger partial charge in [-0.05, 0) is 17.7 Å². The van der Waals surface area contributed by atoms with Gasteiger partial charge in [0.05, 0.1) is 11.0 Å². The molecular formula is C21H15N3O. The van der Waals surface area contributed by atoms with E-state index in [1.165, 1.54) is 0 Å². The monoisotopic (exact) mass is 325 g/mol. The van der Waals surface area contributed by atoms with Crippen molar-refractivity contribution in [3.8, 4) is 0 Å². The number of rotatable bonds is 2. The molecule has 25 heavy (non-hydrogen) atoms. The molecule has 1 atom stereocenters. The van der Waals surface area contributed by atoms with Crippen LogP contribution in [0, 0.1) is 0 Å². The number of hydrogen-bond acceptors (Lipinski definition) is 4. The zero-order valence-electron chi connectivity index (χ0n) is 13.5. The molecule has 0 fully saturated rings. The van der Waals surface area contributed by atoms with E-state index in [0.29, 0.717) is 12.5 Å². The Hall–Kier alpha value is -3.27. The van der Waals surface area contributed by atoms with E-state index in [0.717, 1.165) is 33.1 Å². The lowest BCUT2D eigenvalue weighted by Crippen LogP contribution is -2.04. The number of ether oxygens (including phenoxy) is 1. The van der Waals surface area contributed by atoms with Crippen molar-refractivity contribution in [1.29, 1.82) is 0 Å². The lowest BCUT2D eigenvalue weighted by atomic mass is 10.1. The molecule has 0 spiro atoms. The lowest BCUT2D eigenvalue weighted by Gasteiger charge is -2.05. The van der Waals surface area contributed by atoms with Gasteiger partial charge in [-0.25, -0.2) is 9.98 Å². The average molecular weight is 325 g/mol. The number of pyridine rings is 2. The van der Waals surface area contributed by atoms with Gasteiger partial charge in [-0.3, -0.25) is 4.98 Å². The van der Waals surface area contributed by atoms with Crippen molar-refractivity contribution < 1.29 is 4.74 Å². The van der Waals surface area contributed by atoms with E-state index in [4.69, 9.17) is 14.7 Å². The Labute approximate surface area is 144 Å². The third kappa shape index (κ3) is 2.43. The van der Waals surface area contributed by atoms with Crippen LogP contribution < -0.4 is 0 Å². The van der Waals surface area contributed by atoms with Crippen LogP contribution >= 0.6 is 0 Å². The van der Waals surface area contributed by atoms with Crippen molar-refractivity contribution in [3.05, 3.63) is 84.2 Å². The Morgan fingerprint density at radius 1 is 0.800 bits per heavy atom. The van der Waals surface area contributed by atoms with Crippen molar-refractivity contribution in [2.75, 3.05) is 6.61 Å². The summed E-state index contributed by atoms with van der Waals surface area (Å²) < 4.78 is 5.83. The average Bonchev–Trinajstić information content (AvgIpc) is 3.18. The van der Waals surface area contributed by atoms with Crippen LogP contribution in [0.25, 0.3) is 21.8 Å². The van der Waals surface area contributed by atoms with Crippen LogP contribution in [0.15, 0.2) is 77.9 Å². The topological polar surface area (TPSA) is 47.4 Å². The van der Waals surface area contributed by atoms with Crippen molar-refractivity contribution >= 4 is 27.7 Å². The molecule has 5 rings (SSSR count). The van der Waals surface area contributed by atoms with Crippen molar-refractivity contribution in [2.45, 2.75) is 6.04 Å². The fourth-order valence-corrected chi connectivity index (χ4v) is 3.20. The van der Waals surface area contributed by atoms with E-state index in [1.54, 1.807) is 6.20 Å². The highest BCUT2D eigenvalue weighted by Gasteiger charge is 2.22. The van der Waals surface area contributed by atoms with E-state index in [1.807, 2.05) is 42.5 Å². The van der Waals surface area contributed by atoms with Gasteiger partial charge in [-0.2, -0.15) is 0 Å². The number of aromatic nitrogens is 2. The molecule has 4 aromatic rings. The van der Waals surface area contributed by atoms with E-state index in [9.17, 15) is 0 Å². The van der Waals surface area contributed by atoms with Gasteiger partial charge in [0.2, 0.25) is 5.90 Å². The van der Waals surface area contributed by atoms with Gasteiger partial charge < -0.3 is 4.74 Å². The summed E-state index contributed by atoms with van der Waals surface area (Å²) in [6.07, 6.45) is 1.80. The standard InChI is InChI=1S/C21H15N3O/c1-2-5-14(6-3-1)18-13-25-21(24-18)17-11-10-16-9-8-15-7-4-12-22-19(15)20(16)23-17/h1-12,18H,13H2. The van der Waals surface area contributed by atoms with Crippen molar-refractivity contribution in [2.24, 2.45) is 4.99 Å². The Kier molecular flexibility index (Phi) is 3.20. The third-order valence-electron chi connectivity index (χ3n) is 4.49. The quantitative estimate of drug-likeness (QED) is 0.516. The first-order valence-electron chi connectivity index (χ1n) is 8.29. The summed E-state index contributed by atoms with van der Waals surface area (Å²) in [4.78, 5) is 14.0. The third-order valence-corrected chi connectivity index (χ3v) is 4.49. The minimum absolute atomic E-state index is 0.0272. The number of aliphatic imine (C=N–C) groups is 1. The van der Waals surface area contributed by atoms with Crippen LogP contribution in [0.2, 0.25) is 0 Å². The molecule has 4 heteroatoms. The first kappa shape index (κ1) is 14.1. The second-order valence-electron chi connectivity index (χ2n) is 6.08. The Bertz CT molecular complexity index is 1110. The maximum Gasteiger partial charge on any atom is 0.236 e. The summed E-state index contributed by atoms with van der Waals surface area (Å²) in [6, 6.07) is 22.4. The summed E-state index contributed by atoms with van der Waals surface area (Å²) >= 11 is 0. The van der Waals surface area contributed by atoms with Gasteiger partial charge in [0.15, 0.2) is 0 Å². The van der Waals surface area contributed by atoms with Crippen molar-refractivity contribution in [1.82, 2.24) is 9.97 Å². The molecule has 0 bridgehead atoms. The fraction of sp³-hybridized carbons (Fsp3) is 0.0952. The van der Waals surface area contributed by atoms with Crippen molar-refractivity contribution in [3.63, 3.8) is 0 Å². The normalized spacial score (nSPS) is 16.8. The zero-order valence-corrected chi connectivity index (χ0v) is 13.5. The molecule has 3 heterocycles. The zero-order chi connectivity index (χ0) is 16.6. The van der Waals surface area contributed by atoms with E-state index < -0.39 is 0 Å². The van der Waals surface area contributed by atoms with Gasteiger partial charge in [-0.1, -0.05) is 54.6 Å². The maximum atomic E-state index is 5.83. The molecule has 2 aromatic heterocycles. The summed E-state index contributed by atoms with van der Waals surface area (Å²) in [7, 11) is 0. The second-order valence-corrected chi connectivity index (χ2v) is 6.08. The van der Waals surface area contributed by atoms with E-state index >= 15 is 0 Å². The lowest BCUT2D eigenvalue weighted by molar-refractivity contribution is 0.319. The molecule has 0 saturated carbocycles. The molecule has 0 N–H and O–H groups in total. The Balaban J connectivity index is 1.60. The number of benzene rings is 2. The smallest absolute Gasteiger partial charge is 0.236 e. The van der Waals surface area contributed by atoms with E-state index in [-0.39, 0.29) is 6.04 Å². The van der Waals surface area contributed by atoms with Gasteiger partial charge in [0, 0.05) is 17.0 Å². The van der Waals surface area contributed by atoms with Crippen LogP contribution in [0.4, 0.5) is 0 Å². The Morgan fingerprint density at radius 3 is 2.48 bits per heavy atom. The van der Waals surface area contributed by atoms with Crippen LogP contribution in [0.5, 0.6) is 0 Å². The van der Waals surface area contributed by atoms with Gasteiger partial charge in [0.1, 0.15) is 18.3 Å². The minimum atomic E-state index is 0.0272. The molecule has 2 aromatic carbocycles. The largest absolute Gasteiger partial charge is 0.474 e. The molecule has 0 saturated heterocycles. The SMILES string of the molecule is c1ccc(C2COC(c3ccc4ccc5cccnc5c4n3)=N2)cc1. The van der Waals surface area contributed by atoms with Gasteiger partial charge in [0.25, 0.3) is 0 Å². The van der Waals surface area contributed by atoms with Crippen LogP contribution in [0.1, 0.15) is 17.3 Å². The van der Waals surface area contributed by atoms with Gasteiger partial charge >= 0.3 is 0 Å². The highest BCUT2D eigenvalue weighted by molar-refractivity contribution is 6.04. The maximum absolute atomic E-state index is 5.83. The molecular weight excluding hydrogens is 310 g/mol. The molecule has 0 amide bonds. The van der Waals surface area contributed by atoms with Crippen LogP contribution in [-0.2, 0) is 4.74 Å². The second kappa shape index (κ2) is 5.67. The summed E-state index contributed by atoms with van der Waals surface area (Å²) in [5.74, 6) is 0.601. The molecule has 4 nitrogen and oxygen atoms in total. The summed E-state index contributed by atoms with van der Waals surface area (Å²) in [5, 5.41) is 2.14. The predicted molar refractivity (Wildman–Crippen MR) is 98.7 cm³/mol. The predicted octanol–water partition coefficient (Wildman–Crippen LogP) is 4.30. The first-order valence-corrected chi connectivity index (χ1v) is 8.29. The molecule has 0 radical (unpaired) electrons.